The lowest BCUT2D eigenvalue weighted by atomic mass is 10.1. The van der Waals surface area contributed by atoms with Gasteiger partial charge in [0, 0.05) is 44.5 Å². The van der Waals surface area contributed by atoms with Crippen molar-refractivity contribution in [2.24, 2.45) is 7.05 Å². The van der Waals surface area contributed by atoms with Crippen LogP contribution in [0.15, 0.2) is 54.9 Å². The molecule has 3 rings (SSSR count). The Bertz CT molecular complexity index is 883. The fraction of sp³-hybridized carbons (Fsp3) is 0.250. The van der Waals surface area contributed by atoms with Gasteiger partial charge in [0.05, 0.1) is 0 Å². The molecule has 0 spiro atoms. The first-order valence-electron chi connectivity index (χ1n) is 8.53. The molecule has 6 nitrogen and oxygen atoms in total. The van der Waals surface area contributed by atoms with Crippen LogP contribution in [0.5, 0.6) is 0 Å². The van der Waals surface area contributed by atoms with Gasteiger partial charge in [-0.1, -0.05) is 12.1 Å². The molecule has 2 aromatic carbocycles. The van der Waals surface area contributed by atoms with E-state index < -0.39 is 0 Å². The van der Waals surface area contributed by atoms with E-state index in [0.717, 1.165) is 28.3 Å². The number of benzene rings is 2. The Balaban J connectivity index is 1.57. The van der Waals surface area contributed by atoms with Gasteiger partial charge in [0.15, 0.2) is 5.82 Å². The summed E-state index contributed by atoms with van der Waals surface area (Å²) in [5.74, 6) is 0.801. The Kier molecular flexibility index (Phi) is 5.31. The Morgan fingerprint density at radius 2 is 1.92 bits per heavy atom. The predicted octanol–water partition coefficient (Wildman–Crippen LogP) is 3.12. The largest absolute Gasteiger partial charge is 0.378 e. The van der Waals surface area contributed by atoms with Gasteiger partial charge in [0.2, 0.25) is 5.91 Å². The first-order chi connectivity index (χ1) is 12.5. The van der Waals surface area contributed by atoms with Crippen molar-refractivity contribution in [2.75, 3.05) is 24.3 Å². The third-order valence-corrected chi connectivity index (χ3v) is 4.21. The molecule has 0 saturated carbocycles. The van der Waals surface area contributed by atoms with Crippen molar-refractivity contribution in [1.82, 2.24) is 14.8 Å². The smallest absolute Gasteiger partial charge is 0.224 e. The van der Waals surface area contributed by atoms with Gasteiger partial charge in [0.25, 0.3) is 0 Å². The highest BCUT2D eigenvalue weighted by atomic mass is 16.1. The van der Waals surface area contributed by atoms with Crippen molar-refractivity contribution in [3.05, 3.63) is 60.4 Å². The van der Waals surface area contributed by atoms with Crippen LogP contribution in [-0.2, 0) is 18.3 Å². The lowest BCUT2D eigenvalue weighted by Gasteiger charge is -2.13. The molecule has 0 atom stereocenters. The van der Waals surface area contributed by atoms with E-state index in [1.54, 1.807) is 6.33 Å². The summed E-state index contributed by atoms with van der Waals surface area (Å²) in [6.07, 6.45) is 2.82. The first kappa shape index (κ1) is 17.7. The quantitative estimate of drug-likeness (QED) is 0.743. The number of nitrogens with one attached hydrogen (secondary N) is 1. The number of rotatable bonds is 6. The maximum absolute atomic E-state index is 12.2. The lowest BCUT2D eigenvalue weighted by Crippen LogP contribution is -2.13. The Hall–Kier alpha value is -3.15. The van der Waals surface area contributed by atoms with Gasteiger partial charge in [-0.05, 0) is 48.4 Å². The molecule has 3 aromatic rings. The third kappa shape index (κ3) is 4.27. The van der Waals surface area contributed by atoms with E-state index in [0.29, 0.717) is 12.8 Å². The van der Waals surface area contributed by atoms with Crippen molar-refractivity contribution in [3.63, 3.8) is 0 Å². The number of hydrogen-bond acceptors (Lipinski definition) is 4. The molecule has 0 bridgehead atoms. The zero-order chi connectivity index (χ0) is 18.5. The Labute approximate surface area is 153 Å². The number of aryl methyl sites for hydroxylation is 2. The number of carbonyl (C=O) groups is 1. The number of carbonyl (C=O) groups excluding carboxylic acids is 1. The molecule has 0 saturated heterocycles. The van der Waals surface area contributed by atoms with Gasteiger partial charge < -0.3 is 14.8 Å². The second kappa shape index (κ2) is 7.82. The van der Waals surface area contributed by atoms with Crippen molar-refractivity contribution in [3.8, 4) is 11.4 Å². The summed E-state index contributed by atoms with van der Waals surface area (Å²) in [6, 6.07) is 15.9. The first-order valence-corrected chi connectivity index (χ1v) is 8.53. The number of anilines is 2. The normalized spacial score (nSPS) is 10.6. The van der Waals surface area contributed by atoms with Crippen LogP contribution in [0.2, 0.25) is 0 Å². The maximum atomic E-state index is 12.2. The SMILES string of the molecule is CN(C)c1cccc(CCC(=O)Nc2ccc(-c3nncn3C)cc2)c1. The summed E-state index contributed by atoms with van der Waals surface area (Å²) in [4.78, 5) is 14.3. The molecule has 1 amide bonds. The van der Waals surface area contributed by atoms with E-state index in [2.05, 4.69) is 38.6 Å². The molecule has 134 valence electrons. The molecular formula is C20H23N5O. The molecule has 1 aromatic heterocycles. The number of hydrogen-bond donors (Lipinski definition) is 1. The van der Waals surface area contributed by atoms with E-state index in [1.165, 1.54) is 0 Å². The van der Waals surface area contributed by atoms with Crippen molar-refractivity contribution < 1.29 is 4.79 Å². The van der Waals surface area contributed by atoms with E-state index in [-0.39, 0.29) is 5.91 Å². The topological polar surface area (TPSA) is 63.1 Å². The van der Waals surface area contributed by atoms with E-state index in [9.17, 15) is 4.79 Å². The van der Waals surface area contributed by atoms with Crippen LogP contribution in [0.1, 0.15) is 12.0 Å². The summed E-state index contributed by atoms with van der Waals surface area (Å²) in [7, 11) is 5.92. The minimum absolute atomic E-state index is 0.00617. The minimum Gasteiger partial charge on any atom is -0.378 e. The molecule has 26 heavy (non-hydrogen) atoms. The summed E-state index contributed by atoms with van der Waals surface area (Å²) in [5.41, 5.74) is 4.04. The average molecular weight is 349 g/mol. The summed E-state index contributed by atoms with van der Waals surface area (Å²) >= 11 is 0. The molecule has 0 unspecified atom stereocenters. The van der Waals surface area contributed by atoms with Gasteiger partial charge in [-0.2, -0.15) is 0 Å². The molecule has 6 heteroatoms. The van der Waals surface area contributed by atoms with Crippen LogP contribution in [0.25, 0.3) is 11.4 Å². The summed E-state index contributed by atoms with van der Waals surface area (Å²) < 4.78 is 1.86. The summed E-state index contributed by atoms with van der Waals surface area (Å²) in [5, 5.41) is 10.9. The minimum atomic E-state index is 0.00617. The highest BCUT2D eigenvalue weighted by Gasteiger charge is 2.07. The van der Waals surface area contributed by atoms with Crippen LogP contribution >= 0.6 is 0 Å². The Morgan fingerprint density at radius 3 is 2.58 bits per heavy atom. The van der Waals surface area contributed by atoms with Crippen LogP contribution in [0, 0.1) is 0 Å². The maximum Gasteiger partial charge on any atom is 0.224 e. The van der Waals surface area contributed by atoms with Crippen LogP contribution in [-0.4, -0.2) is 34.8 Å². The molecule has 0 aliphatic rings. The highest BCUT2D eigenvalue weighted by molar-refractivity contribution is 5.91. The zero-order valence-corrected chi connectivity index (χ0v) is 15.3. The molecule has 0 aliphatic carbocycles. The van der Waals surface area contributed by atoms with E-state index in [4.69, 9.17) is 0 Å². The predicted molar refractivity (Wildman–Crippen MR) is 104 cm³/mol. The van der Waals surface area contributed by atoms with Crippen LogP contribution in [0.4, 0.5) is 11.4 Å². The van der Waals surface area contributed by atoms with Gasteiger partial charge >= 0.3 is 0 Å². The standard InChI is InChI=1S/C20H23N5O/c1-24(2)18-6-4-5-15(13-18)7-12-19(26)22-17-10-8-16(9-11-17)20-23-21-14-25(20)3/h4-6,8-11,13-14H,7,12H2,1-3H3,(H,22,26). The third-order valence-electron chi connectivity index (χ3n) is 4.21. The fourth-order valence-electron chi connectivity index (χ4n) is 2.72. The average Bonchev–Trinajstić information content (AvgIpc) is 3.07. The van der Waals surface area contributed by atoms with Crippen molar-refractivity contribution in [1.29, 1.82) is 0 Å². The van der Waals surface area contributed by atoms with Gasteiger partial charge in [-0.3, -0.25) is 4.79 Å². The van der Waals surface area contributed by atoms with Gasteiger partial charge in [0.1, 0.15) is 6.33 Å². The lowest BCUT2D eigenvalue weighted by molar-refractivity contribution is -0.116. The van der Waals surface area contributed by atoms with Gasteiger partial charge in [-0.25, -0.2) is 0 Å². The Morgan fingerprint density at radius 1 is 1.15 bits per heavy atom. The molecule has 0 fully saturated rings. The van der Waals surface area contributed by atoms with Gasteiger partial charge in [-0.15, -0.1) is 10.2 Å². The number of aromatic nitrogens is 3. The monoisotopic (exact) mass is 349 g/mol. The molecule has 0 aliphatic heterocycles. The van der Waals surface area contributed by atoms with E-state index in [1.807, 2.05) is 56.0 Å². The highest BCUT2D eigenvalue weighted by Crippen LogP contribution is 2.19. The molecule has 1 N–H and O–H groups in total. The zero-order valence-electron chi connectivity index (χ0n) is 15.3. The number of amides is 1. The molecule has 0 radical (unpaired) electrons. The summed E-state index contributed by atoms with van der Waals surface area (Å²) in [6.45, 7) is 0. The second-order valence-corrected chi connectivity index (χ2v) is 6.46. The van der Waals surface area contributed by atoms with Crippen LogP contribution in [0.3, 0.4) is 0 Å². The van der Waals surface area contributed by atoms with Crippen molar-refractivity contribution in [2.45, 2.75) is 12.8 Å². The molecule has 1 heterocycles. The molecular weight excluding hydrogens is 326 g/mol. The van der Waals surface area contributed by atoms with Crippen molar-refractivity contribution >= 4 is 17.3 Å². The second-order valence-electron chi connectivity index (χ2n) is 6.46. The van der Waals surface area contributed by atoms with E-state index >= 15 is 0 Å². The number of nitrogens with zero attached hydrogens (tertiary/aromatic N) is 4. The van der Waals surface area contributed by atoms with Crippen LogP contribution < -0.4 is 10.2 Å². The fourth-order valence-corrected chi connectivity index (χ4v) is 2.72.